The highest BCUT2D eigenvalue weighted by Gasteiger charge is 2.14. The third-order valence-electron chi connectivity index (χ3n) is 3.43. The lowest BCUT2D eigenvalue weighted by Gasteiger charge is -2.18. The first kappa shape index (κ1) is 18.8. The zero-order chi connectivity index (χ0) is 18.0. The monoisotopic (exact) mass is 544 g/mol. The average molecular weight is 546 g/mol. The molecule has 0 radical (unpaired) electrons. The summed E-state index contributed by atoms with van der Waals surface area (Å²) in [6, 6.07) is 8.06. The fourth-order valence-corrected chi connectivity index (χ4v) is 4.43. The van der Waals surface area contributed by atoms with Crippen molar-refractivity contribution in [3.8, 4) is 9.85 Å². The van der Waals surface area contributed by atoms with Gasteiger partial charge in [-0.3, -0.25) is 0 Å². The number of fused-ring (bicyclic) bond motifs is 1. The largest absolute Gasteiger partial charge is 0.339 e. The van der Waals surface area contributed by atoms with Crippen molar-refractivity contribution in [1.29, 1.82) is 0 Å². The van der Waals surface area contributed by atoms with E-state index in [0.29, 0.717) is 5.82 Å². The maximum Gasteiger partial charge on any atom is 0.224 e. The summed E-state index contributed by atoms with van der Waals surface area (Å²) in [5.41, 5.74) is 2.71. The first-order valence-corrected chi connectivity index (χ1v) is 11.7. The van der Waals surface area contributed by atoms with Crippen LogP contribution in [0.15, 0.2) is 34.9 Å². The van der Waals surface area contributed by atoms with Crippen molar-refractivity contribution in [3.63, 3.8) is 0 Å². The molecular weight excluding hydrogens is 533 g/mol. The first-order valence-electron chi connectivity index (χ1n) is 7.17. The van der Waals surface area contributed by atoms with Gasteiger partial charge in [0.25, 0.3) is 0 Å². The number of anilines is 2. The van der Waals surface area contributed by atoms with Gasteiger partial charge in [0, 0.05) is 45.2 Å². The van der Waals surface area contributed by atoms with Gasteiger partial charge in [0.1, 0.15) is 11.5 Å². The summed E-state index contributed by atoms with van der Waals surface area (Å²) in [4.78, 5) is 12.9. The van der Waals surface area contributed by atoms with Gasteiger partial charge < -0.3 is 5.32 Å². The normalized spacial score (nSPS) is 10.6. The Bertz CT molecular complexity index is 1020. The summed E-state index contributed by atoms with van der Waals surface area (Å²) in [6.07, 6.45) is 1.63. The van der Waals surface area contributed by atoms with Crippen LogP contribution in [0.5, 0.6) is 0 Å². The lowest BCUT2D eigenvalue weighted by Crippen LogP contribution is -2.10. The van der Waals surface area contributed by atoms with Crippen LogP contribution in [-0.2, 0) is 0 Å². The molecule has 4 nitrogen and oxygen atoms in total. The van der Waals surface area contributed by atoms with Crippen molar-refractivity contribution in [2.45, 2.75) is 0 Å². The Kier molecular flexibility index (Phi) is 6.11. The number of rotatable bonds is 3. The Labute approximate surface area is 174 Å². The Morgan fingerprint density at radius 3 is 2.72 bits per heavy atom. The minimum atomic E-state index is -0.379. The molecule has 1 N–H and O–H groups in total. The summed E-state index contributed by atoms with van der Waals surface area (Å²) in [5, 5.41) is 5.93. The summed E-state index contributed by atoms with van der Waals surface area (Å²) >= 11 is 11.4. The van der Waals surface area contributed by atoms with Crippen LogP contribution in [0.1, 0.15) is 5.69 Å². The van der Waals surface area contributed by atoms with E-state index in [1.807, 2.05) is 40.8 Å². The van der Waals surface area contributed by atoms with Gasteiger partial charge in [-0.1, -0.05) is 7.92 Å². The Balaban J connectivity index is 2.14. The molecule has 0 unspecified atom stereocenters. The smallest absolute Gasteiger partial charge is 0.224 e. The van der Waals surface area contributed by atoms with Crippen molar-refractivity contribution in [3.05, 3.63) is 45.9 Å². The molecule has 0 bridgehead atoms. The van der Waals surface area contributed by atoms with Gasteiger partial charge in [0.2, 0.25) is 5.28 Å². The molecule has 0 saturated carbocycles. The van der Waals surface area contributed by atoms with E-state index in [1.54, 1.807) is 6.20 Å². The summed E-state index contributed by atoms with van der Waals surface area (Å²) in [6.45, 7) is 4.44. The zero-order valence-corrected chi connectivity index (χ0v) is 18.7. The van der Waals surface area contributed by atoms with Crippen molar-refractivity contribution in [2.75, 3.05) is 18.6 Å². The number of hydrogen-bond acceptors (Lipinski definition) is 4. The molecule has 25 heavy (non-hydrogen) atoms. The molecule has 0 aliphatic heterocycles. The maximum atomic E-state index is 5.93. The molecule has 0 atom stereocenters. The Morgan fingerprint density at radius 2 is 2.00 bits per heavy atom. The highest BCUT2D eigenvalue weighted by molar-refractivity contribution is 14.1. The van der Waals surface area contributed by atoms with E-state index in [4.69, 9.17) is 11.6 Å². The van der Waals surface area contributed by atoms with E-state index in [0.717, 1.165) is 26.8 Å². The Hall–Kier alpha value is -1.00. The molecule has 126 valence electrons. The minimum Gasteiger partial charge on any atom is -0.339 e. The highest BCUT2D eigenvalue weighted by atomic mass is 127. The molecular formula is C17H12BrClIN4P. The number of halogens is 3. The molecule has 3 aromatic rings. The second-order valence-corrected chi connectivity index (χ2v) is 9.27. The van der Waals surface area contributed by atoms with Gasteiger partial charge in [-0.25, -0.2) is 9.97 Å². The minimum absolute atomic E-state index is 0.201. The van der Waals surface area contributed by atoms with Gasteiger partial charge in [-0.15, -0.1) is 0 Å². The van der Waals surface area contributed by atoms with E-state index >= 15 is 0 Å². The second kappa shape index (κ2) is 8.13. The van der Waals surface area contributed by atoms with Gasteiger partial charge in [0.15, 0.2) is 0 Å². The van der Waals surface area contributed by atoms with Crippen LogP contribution in [-0.4, -0.2) is 28.3 Å². The first-order chi connectivity index (χ1) is 12.0. The van der Waals surface area contributed by atoms with Crippen LogP contribution in [0.3, 0.4) is 0 Å². The molecule has 2 aromatic heterocycles. The van der Waals surface area contributed by atoms with Crippen LogP contribution in [0.2, 0.25) is 5.28 Å². The van der Waals surface area contributed by atoms with E-state index in [1.165, 1.54) is 5.30 Å². The molecule has 1 aromatic carbocycles. The summed E-state index contributed by atoms with van der Waals surface area (Å²) in [7, 11) is -0.379. The third kappa shape index (κ3) is 4.22. The summed E-state index contributed by atoms with van der Waals surface area (Å²) in [5.74, 6) is 3.63. The lowest BCUT2D eigenvalue weighted by atomic mass is 10.1. The van der Waals surface area contributed by atoms with E-state index < -0.39 is 0 Å². The van der Waals surface area contributed by atoms with Gasteiger partial charge >= 0.3 is 0 Å². The van der Waals surface area contributed by atoms with E-state index in [2.05, 4.69) is 65.4 Å². The fourth-order valence-electron chi connectivity index (χ4n) is 2.45. The predicted molar refractivity (Wildman–Crippen MR) is 119 cm³/mol. The predicted octanol–water partition coefficient (Wildman–Crippen LogP) is 5.30. The maximum absolute atomic E-state index is 5.93. The van der Waals surface area contributed by atoms with Crippen LogP contribution in [0.4, 0.5) is 11.5 Å². The van der Waals surface area contributed by atoms with Crippen LogP contribution in [0.25, 0.3) is 10.9 Å². The number of benzene rings is 1. The fraction of sp³-hybridized carbons (Fsp3) is 0.118. The molecule has 8 heteroatoms. The van der Waals surface area contributed by atoms with Crippen LogP contribution >= 0.6 is 58.0 Å². The Morgan fingerprint density at radius 1 is 1.20 bits per heavy atom. The molecule has 0 fully saturated rings. The van der Waals surface area contributed by atoms with Crippen LogP contribution in [0, 0.1) is 9.85 Å². The number of nitrogens with one attached hydrogen (secondary N) is 1. The number of aromatic nitrogens is 3. The number of nitrogens with zero attached hydrogens (tertiary/aromatic N) is 3. The second-order valence-electron chi connectivity index (χ2n) is 5.30. The van der Waals surface area contributed by atoms with E-state index in [-0.39, 0.29) is 13.2 Å². The van der Waals surface area contributed by atoms with Crippen molar-refractivity contribution >= 4 is 85.8 Å². The molecule has 0 amide bonds. The van der Waals surface area contributed by atoms with Gasteiger partial charge in [0.05, 0.1) is 9.99 Å². The van der Waals surface area contributed by atoms with Gasteiger partial charge in [-0.2, -0.15) is 4.98 Å². The summed E-state index contributed by atoms with van der Waals surface area (Å²) < 4.78 is 3.61. The van der Waals surface area contributed by atoms with Crippen molar-refractivity contribution in [1.82, 2.24) is 15.0 Å². The average Bonchev–Trinajstić information content (AvgIpc) is 2.58. The standard InChI is InChI=1S/C17H12BrClIN4P/c1-25(2)15-11-4-3-10(7-8-20)22-13(11)5-6-14(15)23-16-12(18)9-21-17(19)24-16/h3-6,9H,1-2H3,(H,21,23,24). The molecule has 3 rings (SSSR count). The number of hydrogen-bond donors (Lipinski definition) is 1. The van der Waals surface area contributed by atoms with Crippen LogP contribution < -0.4 is 10.6 Å². The quantitative estimate of drug-likeness (QED) is 0.210. The van der Waals surface area contributed by atoms with E-state index in [9.17, 15) is 0 Å². The lowest BCUT2D eigenvalue weighted by molar-refractivity contribution is 1.15. The van der Waals surface area contributed by atoms with Gasteiger partial charge in [-0.05, 0) is 75.0 Å². The molecule has 0 aliphatic rings. The SMILES string of the molecule is CP(C)c1c(Nc2nc(Cl)ncc2Br)ccc2nc(C#CI)ccc12. The third-order valence-corrected chi connectivity index (χ3v) is 5.84. The zero-order valence-electron chi connectivity index (χ0n) is 13.3. The molecule has 0 aliphatic carbocycles. The highest BCUT2D eigenvalue weighted by Crippen LogP contribution is 2.35. The number of pyridine rings is 1. The van der Waals surface area contributed by atoms with Crippen molar-refractivity contribution < 1.29 is 0 Å². The van der Waals surface area contributed by atoms with Crippen molar-refractivity contribution in [2.24, 2.45) is 0 Å². The molecule has 0 saturated heterocycles. The molecule has 2 heterocycles. The topological polar surface area (TPSA) is 50.7 Å². The molecule has 0 spiro atoms.